The first-order chi connectivity index (χ1) is 9.77. The molecule has 20 heavy (non-hydrogen) atoms. The molecule has 0 aromatic heterocycles. The van der Waals surface area contributed by atoms with Crippen LogP contribution in [0, 0.1) is 6.92 Å². The highest BCUT2D eigenvalue weighted by Gasteiger charge is 2.04. The Morgan fingerprint density at radius 2 is 1.70 bits per heavy atom. The highest BCUT2D eigenvalue weighted by Crippen LogP contribution is 2.22. The molecule has 0 amide bonds. The van der Waals surface area contributed by atoms with E-state index in [4.69, 9.17) is 9.84 Å². The van der Waals surface area contributed by atoms with E-state index in [1.165, 1.54) is 56.1 Å². The molecule has 0 radical (unpaired) electrons. The zero-order valence-electron chi connectivity index (χ0n) is 13.2. The van der Waals surface area contributed by atoms with Crippen LogP contribution in [0.4, 0.5) is 0 Å². The molecule has 1 rings (SSSR count). The van der Waals surface area contributed by atoms with Crippen LogP contribution in [0.3, 0.4) is 0 Å². The number of aliphatic hydroxyl groups excluding tert-OH is 1. The molecule has 0 atom stereocenters. The van der Waals surface area contributed by atoms with Crippen LogP contribution in [0.5, 0.6) is 5.75 Å². The van der Waals surface area contributed by atoms with E-state index in [2.05, 4.69) is 32.0 Å². The van der Waals surface area contributed by atoms with E-state index >= 15 is 0 Å². The average molecular weight is 278 g/mol. The molecule has 0 unspecified atom stereocenters. The monoisotopic (exact) mass is 278 g/mol. The Morgan fingerprint density at radius 1 is 1.00 bits per heavy atom. The summed E-state index contributed by atoms with van der Waals surface area (Å²) >= 11 is 0. The highest BCUT2D eigenvalue weighted by molar-refractivity contribution is 5.37. The molecule has 0 saturated carbocycles. The molecule has 1 aromatic carbocycles. The van der Waals surface area contributed by atoms with Crippen molar-refractivity contribution >= 4 is 0 Å². The quantitative estimate of drug-likeness (QED) is 0.597. The van der Waals surface area contributed by atoms with Gasteiger partial charge in [-0.15, -0.1) is 0 Å². The van der Waals surface area contributed by atoms with Crippen molar-refractivity contribution in [3.63, 3.8) is 0 Å². The van der Waals surface area contributed by atoms with Crippen molar-refractivity contribution < 1.29 is 9.84 Å². The molecule has 1 aromatic rings. The van der Waals surface area contributed by atoms with Crippen LogP contribution in [0.1, 0.15) is 63.0 Å². The largest absolute Gasteiger partial charge is 0.491 e. The molecule has 0 bridgehead atoms. The SMILES string of the molecule is CCCCCCCCCc1ccc(C)cc1OCCO. The zero-order chi connectivity index (χ0) is 14.6. The minimum absolute atomic E-state index is 0.0742. The molecule has 0 aliphatic rings. The summed E-state index contributed by atoms with van der Waals surface area (Å²) in [7, 11) is 0. The average Bonchev–Trinajstić information content (AvgIpc) is 2.45. The van der Waals surface area contributed by atoms with E-state index in [-0.39, 0.29) is 6.61 Å². The normalized spacial score (nSPS) is 10.8. The second-order valence-corrected chi connectivity index (χ2v) is 5.55. The van der Waals surface area contributed by atoms with Gasteiger partial charge in [0.05, 0.1) is 6.61 Å². The van der Waals surface area contributed by atoms with Gasteiger partial charge in [0.1, 0.15) is 12.4 Å². The third-order valence-electron chi connectivity index (χ3n) is 3.62. The maximum atomic E-state index is 8.88. The summed E-state index contributed by atoms with van der Waals surface area (Å²) < 4.78 is 5.63. The summed E-state index contributed by atoms with van der Waals surface area (Å²) in [6.45, 7) is 4.78. The lowest BCUT2D eigenvalue weighted by atomic mass is 10.0. The van der Waals surface area contributed by atoms with Gasteiger partial charge >= 0.3 is 0 Å². The van der Waals surface area contributed by atoms with Gasteiger partial charge < -0.3 is 9.84 Å². The van der Waals surface area contributed by atoms with Crippen molar-refractivity contribution in [2.75, 3.05) is 13.2 Å². The Hall–Kier alpha value is -1.02. The highest BCUT2D eigenvalue weighted by atomic mass is 16.5. The molecule has 2 nitrogen and oxygen atoms in total. The number of rotatable bonds is 11. The molecule has 1 N–H and O–H groups in total. The van der Waals surface area contributed by atoms with Crippen LogP contribution in [0.15, 0.2) is 18.2 Å². The summed E-state index contributed by atoms with van der Waals surface area (Å²) in [5.41, 5.74) is 2.49. The van der Waals surface area contributed by atoms with Crippen LogP contribution in [0.2, 0.25) is 0 Å². The van der Waals surface area contributed by atoms with E-state index in [9.17, 15) is 0 Å². The fraction of sp³-hybridized carbons (Fsp3) is 0.667. The van der Waals surface area contributed by atoms with Gasteiger partial charge in [0.15, 0.2) is 0 Å². The van der Waals surface area contributed by atoms with E-state index in [0.717, 1.165) is 12.2 Å². The van der Waals surface area contributed by atoms with Crippen molar-refractivity contribution in [2.45, 2.75) is 65.2 Å². The summed E-state index contributed by atoms with van der Waals surface area (Å²) in [5.74, 6) is 0.949. The van der Waals surface area contributed by atoms with Gasteiger partial charge in [-0.05, 0) is 37.0 Å². The summed E-state index contributed by atoms with van der Waals surface area (Å²) in [6.07, 6.45) is 10.4. The second kappa shape index (κ2) is 10.7. The van der Waals surface area contributed by atoms with Crippen LogP contribution < -0.4 is 4.74 Å². The Labute approximate surface area is 124 Å². The molecule has 2 heteroatoms. The maximum absolute atomic E-state index is 8.88. The number of aryl methyl sites for hydroxylation is 2. The van der Waals surface area contributed by atoms with Crippen molar-refractivity contribution in [3.8, 4) is 5.75 Å². The van der Waals surface area contributed by atoms with Crippen LogP contribution in [-0.4, -0.2) is 18.3 Å². The van der Waals surface area contributed by atoms with Crippen LogP contribution in [0.25, 0.3) is 0 Å². The Bertz CT molecular complexity index is 360. The lowest BCUT2D eigenvalue weighted by molar-refractivity contribution is 0.200. The zero-order valence-corrected chi connectivity index (χ0v) is 13.2. The lowest BCUT2D eigenvalue weighted by Crippen LogP contribution is -2.04. The smallest absolute Gasteiger partial charge is 0.122 e. The van der Waals surface area contributed by atoms with Gasteiger partial charge in [-0.1, -0.05) is 57.6 Å². The molecule has 0 saturated heterocycles. The van der Waals surface area contributed by atoms with E-state index < -0.39 is 0 Å². The minimum Gasteiger partial charge on any atom is -0.491 e. The molecule has 0 aliphatic heterocycles. The van der Waals surface area contributed by atoms with Crippen molar-refractivity contribution in [3.05, 3.63) is 29.3 Å². The Kier molecular flexibility index (Phi) is 9.14. The van der Waals surface area contributed by atoms with Crippen LogP contribution >= 0.6 is 0 Å². The van der Waals surface area contributed by atoms with Gasteiger partial charge in [-0.2, -0.15) is 0 Å². The maximum Gasteiger partial charge on any atom is 0.122 e. The number of unbranched alkanes of at least 4 members (excludes halogenated alkanes) is 6. The molecule has 0 fully saturated rings. The molecular formula is C18H30O2. The molecule has 114 valence electrons. The fourth-order valence-corrected chi connectivity index (χ4v) is 2.43. The number of ether oxygens (including phenoxy) is 1. The number of hydrogen-bond donors (Lipinski definition) is 1. The first kappa shape index (κ1) is 17.0. The van der Waals surface area contributed by atoms with Crippen molar-refractivity contribution in [1.29, 1.82) is 0 Å². The van der Waals surface area contributed by atoms with E-state index in [0.29, 0.717) is 6.61 Å². The van der Waals surface area contributed by atoms with Gasteiger partial charge in [-0.25, -0.2) is 0 Å². The molecular weight excluding hydrogens is 248 g/mol. The van der Waals surface area contributed by atoms with Crippen LogP contribution in [-0.2, 0) is 6.42 Å². The first-order valence-corrected chi connectivity index (χ1v) is 8.11. The number of benzene rings is 1. The number of aliphatic hydroxyl groups is 1. The molecule has 0 aliphatic carbocycles. The van der Waals surface area contributed by atoms with E-state index in [1.807, 2.05) is 0 Å². The van der Waals surface area contributed by atoms with E-state index in [1.54, 1.807) is 0 Å². The minimum atomic E-state index is 0.0742. The molecule has 0 heterocycles. The summed E-state index contributed by atoms with van der Waals surface area (Å²) in [6, 6.07) is 6.38. The van der Waals surface area contributed by atoms with Crippen molar-refractivity contribution in [2.24, 2.45) is 0 Å². The van der Waals surface area contributed by atoms with Gasteiger partial charge in [-0.3, -0.25) is 0 Å². The van der Waals surface area contributed by atoms with Gasteiger partial charge in [0.25, 0.3) is 0 Å². The standard InChI is InChI=1S/C18H30O2/c1-3-4-5-6-7-8-9-10-17-12-11-16(2)15-18(17)20-14-13-19/h11-12,15,19H,3-10,13-14H2,1-2H3. The fourth-order valence-electron chi connectivity index (χ4n) is 2.43. The lowest BCUT2D eigenvalue weighted by Gasteiger charge is -2.11. The third-order valence-corrected chi connectivity index (χ3v) is 3.62. The van der Waals surface area contributed by atoms with Gasteiger partial charge in [0.2, 0.25) is 0 Å². The topological polar surface area (TPSA) is 29.5 Å². The predicted molar refractivity (Wildman–Crippen MR) is 85.5 cm³/mol. The number of hydrogen-bond acceptors (Lipinski definition) is 2. The van der Waals surface area contributed by atoms with Gasteiger partial charge in [0, 0.05) is 0 Å². The first-order valence-electron chi connectivity index (χ1n) is 8.11. The van der Waals surface area contributed by atoms with Crippen molar-refractivity contribution in [1.82, 2.24) is 0 Å². The second-order valence-electron chi connectivity index (χ2n) is 5.55. The summed E-state index contributed by atoms with van der Waals surface area (Å²) in [5, 5.41) is 8.88. The Morgan fingerprint density at radius 3 is 2.40 bits per heavy atom. The molecule has 0 spiro atoms. The predicted octanol–water partition coefficient (Wildman–Crippen LogP) is 4.66. The third kappa shape index (κ3) is 6.95. The summed E-state index contributed by atoms with van der Waals surface area (Å²) in [4.78, 5) is 0. The Balaban J connectivity index is 2.31.